The Bertz CT molecular complexity index is 1220. The van der Waals surface area contributed by atoms with E-state index in [2.05, 4.69) is 69.4 Å². The second-order valence-electron chi connectivity index (χ2n) is 20.6. The highest BCUT2D eigenvalue weighted by Crippen LogP contribution is 2.16. The molecule has 0 saturated heterocycles. The fourth-order valence-corrected chi connectivity index (χ4v) is 8.88. The van der Waals surface area contributed by atoms with Gasteiger partial charge in [-0.1, -0.05) is 249 Å². The van der Waals surface area contributed by atoms with Crippen LogP contribution < -0.4 is 0 Å². The first-order valence-electron chi connectivity index (χ1n) is 30.6. The van der Waals surface area contributed by atoms with Crippen LogP contribution in [0.5, 0.6) is 0 Å². The van der Waals surface area contributed by atoms with E-state index in [4.69, 9.17) is 14.2 Å². The lowest BCUT2D eigenvalue weighted by atomic mass is 10.0. The summed E-state index contributed by atoms with van der Waals surface area (Å²) in [4.78, 5) is 38.1. The largest absolute Gasteiger partial charge is 0.462 e. The zero-order valence-electron chi connectivity index (χ0n) is 46.8. The van der Waals surface area contributed by atoms with Crippen molar-refractivity contribution >= 4 is 17.9 Å². The van der Waals surface area contributed by atoms with Gasteiger partial charge in [0.15, 0.2) is 6.10 Å². The first kappa shape index (κ1) is 67.4. The number of allylic oxidation sites excluding steroid dienone is 8. The molecule has 0 aromatic heterocycles. The van der Waals surface area contributed by atoms with Gasteiger partial charge in [-0.15, -0.1) is 0 Å². The van der Waals surface area contributed by atoms with Gasteiger partial charge in [-0.25, -0.2) is 0 Å². The second-order valence-corrected chi connectivity index (χ2v) is 20.6. The van der Waals surface area contributed by atoms with Gasteiger partial charge in [-0.3, -0.25) is 14.4 Å². The summed E-state index contributed by atoms with van der Waals surface area (Å²) in [7, 11) is 0. The Kier molecular flexibility index (Phi) is 56.7. The van der Waals surface area contributed by atoms with Crippen molar-refractivity contribution in [2.45, 2.75) is 329 Å². The van der Waals surface area contributed by atoms with E-state index in [0.717, 1.165) is 83.5 Å². The highest BCUT2D eigenvalue weighted by molar-refractivity contribution is 5.71. The smallest absolute Gasteiger partial charge is 0.306 e. The van der Waals surface area contributed by atoms with E-state index in [1.54, 1.807) is 0 Å². The van der Waals surface area contributed by atoms with E-state index in [0.29, 0.717) is 19.3 Å². The van der Waals surface area contributed by atoms with Crippen LogP contribution in [0.1, 0.15) is 323 Å². The van der Waals surface area contributed by atoms with Gasteiger partial charge in [0, 0.05) is 19.3 Å². The third-order valence-electron chi connectivity index (χ3n) is 13.5. The second kappa shape index (κ2) is 58.9. The van der Waals surface area contributed by atoms with Gasteiger partial charge in [0.25, 0.3) is 0 Å². The van der Waals surface area contributed by atoms with Crippen LogP contribution in [0.4, 0.5) is 0 Å². The standard InChI is InChI=1S/C64H116O6/c1-4-7-10-13-16-19-22-25-26-27-28-29-30-31-32-33-34-35-36-37-38-40-42-45-48-51-54-57-63(66)69-60-61(59-68-62(65)56-53-50-47-44-41-24-21-18-15-12-9-6-3)70-64(67)58-55-52-49-46-43-39-23-20-17-14-11-8-5-2/h18,20-23,25,27-28,61H,4-17,19,24,26,29-60H2,1-3H3/b21-18-,23-20-,25-22-,28-27-. The maximum absolute atomic E-state index is 12.8. The summed E-state index contributed by atoms with van der Waals surface area (Å²) in [6.45, 7) is 6.61. The first-order chi connectivity index (χ1) is 34.5. The summed E-state index contributed by atoms with van der Waals surface area (Å²) in [5.41, 5.74) is 0. The number of carbonyl (C=O) groups excluding carboxylic acids is 3. The molecular formula is C64H116O6. The Hall–Kier alpha value is -2.63. The van der Waals surface area contributed by atoms with Gasteiger partial charge in [0.2, 0.25) is 0 Å². The first-order valence-corrected chi connectivity index (χ1v) is 30.6. The van der Waals surface area contributed by atoms with E-state index in [1.165, 1.54) is 199 Å². The summed E-state index contributed by atoms with van der Waals surface area (Å²) in [6, 6.07) is 0. The maximum Gasteiger partial charge on any atom is 0.306 e. The lowest BCUT2D eigenvalue weighted by molar-refractivity contribution is -0.167. The van der Waals surface area contributed by atoms with Crippen LogP contribution in [-0.2, 0) is 28.6 Å². The molecule has 0 heterocycles. The third kappa shape index (κ3) is 56.3. The SMILES string of the molecule is CCCCC/C=C\CCCCCCCC(=O)OCC(COC(=O)CCCCCCCCCCCCCCCCC/C=C\C/C=C\CCCCCCC)OC(=O)CCCCCCC/C=C\CCCCCC. The van der Waals surface area contributed by atoms with E-state index in [9.17, 15) is 14.4 Å². The topological polar surface area (TPSA) is 78.9 Å². The van der Waals surface area contributed by atoms with Crippen LogP contribution in [0.2, 0.25) is 0 Å². The quantitative estimate of drug-likeness (QED) is 0.0261. The fourth-order valence-electron chi connectivity index (χ4n) is 8.88. The van der Waals surface area contributed by atoms with Crippen molar-refractivity contribution in [3.8, 4) is 0 Å². The number of rotatable bonds is 56. The molecule has 0 rings (SSSR count). The minimum Gasteiger partial charge on any atom is -0.462 e. The minimum absolute atomic E-state index is 0.0767. The molecule has 0 saturated carbocycles. The van der Waals surface area contributed by atoms with Crippen LogP contribution in [0.15, 0.2) is 48.6 Å². The molecule has 0 spiro atoms. The fraction of sp³-hybridized carbons (Fsp3) is 0.828. The lowest BCUT2D eigenvalue weighted by Gasteiger charge is -2.18. The van der Waals surface area contributed by atoms with Gasteiger partial charge in [-0.05, 0) is 103 Å². The predicted molar refractivity (Wildman–Crippen MR) is 302 cm³/mol. The number of esters is 3. The van der Waals surface area contributed by atoms with Crippen molar-refractivity contribution in [2.24, 2.45) is 0 Å². The zero-order valence-corrected chi connectivity index (χ0v) is 46.8. The molecule has 0 aliphatic heterocycles. The molecule has 0 fully saturated rings. The summed E-state index contributed by atoms with van der Waals surface area (Å²) < 4.78 is 16.9. The molecule has 0 aromatic carbocycles. The van der Waals surface area contributed by atoms with Gasteiger partial charge in [-0.2, -0.15) is 0 Å². The van der Waals surface area contributed by atoms with Crippen LogP contribution in [0.3, 0.4) is 0 Å². The van der Waals surface area contributed by atoms with Gasteiger partial charge in [0.05, 0.1) is 0 Å². The Labute approximate surface area is 435 Å². The van der Waals surface area contributed by atoms with Crippen molar-refractivity contribution in [1.29, 1.82) is 0 Å². The Morgan fingerprint density at radius 3 is 0.843 bits per heavy atom. The van der Waals surface area contributed by atoms with E-state index in [1.807, 2.05) is 0 Å². The molecule has 408 valence electrons. The maximum atomic E-state index is 12.8. The monoisotopic (exact) mass is 981 g/mol. The molecule has 70 heavy (non-hydrogen) atoms. The van der Waals surface area contributed by atoms with Gasteiger partial charge in [0.1, 0.15) is 13.2 Å². The van der Waals surface area contributed by atoms with E-state index in [-0.39, 0.29) is 31.1 Å². The van der Waals surface area contributed by atoms with Crippen LogP contribution in [0.25, 0.3) is 0 Å². The average molecular weight is 982 g/mol. The number of hydrogen-bond donors (Lipinski definition) is 0. The number of hydrogen-bond acceptors (Lipinski definition) is 6. The molecule has 0 aliphatic rings. The highest BCUT2D eigenvalue weighted by atomic mass is 16.6. The predicted octanol–water partition coefficient (Wildman–Crippen LogP) is 20.6. The Morgan fingerprint density at radius 1 is 0.286 bits per heavy atom. The number of unbranched alkanes of at least 4 members (excludes halogenated alkanes) is 37. The van der Waals surface area contributed by atoms with Crippen molar-refractivity contribution in [3.05, 3.63) is 48.6 Å². The molecule has 0 aromatic rings. The average Bonchev–Trinajstić information content (AvgIpc) is 3.36. The van der Waals surface area contributed by atoms with Crippen LogP contribution in [0, 0.1) is 0 Å². The summed E-state index contributed by atoms with van der Waals surface area (Å²) in [5.74, 6) is -0.881. The minimum atomic E-state index is -0.779. The van der Waals surface area contributed by atoms with Crippen molar-refractivity contribution < 1.29 is 28.6 Å². The van der Waals surface area contributed by atoms with E-state index < -0.39 is 6.10 Å². The third-order valence-corrected chi connectivity index (χ3v) is 13.5. The highest BCUT2D eigenvalue weighted by Gasteiger charge is 2.19. The molecule has 0 N–H and O–H groups in total. The normalized spacial score (nSPS) is 12.3. The van der Waals surface area contributed by atoms with Gasteiger partial charge >= 0.3 is 17.9 Å². The van der Waals surface area contributed by atoms with Crippen molar-refractivity contribution in [1.82, 2.24) is 0 Å². The lowest BCUT2D eigenvalue weighted by Crippen LogP contribution is -2.30. The molecule has 1 atom stereocenters. The van der Waals surface area contributed by atoms with Crippen molar-refractivity contribution in [2.75, 3.05) is 13.2 Å². The summed E-state index contributed by atoms with van der Waals surface area (Å²) in [5, 5.41) is 0. The molecule has 0 bridgehead atoms. The van der Waals surface area contributed by atoms with Crippen molar-refractivity contribution in [3.63, 3.8) is 0 Å². The molecule has 6 heteroatoms. The molecule has 1 unspecified atom stereocenters. The van der Waals surface area contributed by atoms with E-state index >= 15 is 0 Å². The Balaban J connectivity index is 4.18. The Morgan fingerprint density at radius 2 is 0.514 bits per heavy atom. The van der Waals surface area contributed by atoms with Gasteiger partial charge < -0.3 is 14.2 Å². The number of carbonyl (C=O) groups is 3. The summed E-state index contributed by atoms with van der Waals surface area (Å²) in [6.07, 6.45) is 72.6. The number of ether oxygens (including phenoxy) is 3. The molecule has 0 radical (unpaired) electrons. The summed E-state index contributed by atoms with van der Waals surface area (Å²) >= 11 is 0. The molecular weight excluding hydrogens is 865 g/mol. The molecule has 0 aliphatic carbocycles. The zero-order chi connectivity index (χ0) is 50.7. The molecule has 0 amide bonds. The van der Waals surface area contributed by atoms with Crippen LogP contribution >= 0.6 is 0 Å². The van der Waals surface area contributed by atoms with Crippen LogP contribution in [-0.4, -0.2) is 37.2 Å². The molecule has 6 nitrogen and oxygen atoms in total.